The predicted molar refractivity (Wildman–Crippen MR) is 74.5 cm³/mol. The van der Waals surface area contributed by atoms with E-state index < -0.39 is 0 Å². The molecule has 2 N–H and O–H groups in total. The Labute approximate surface area is 113 Å². The Balaban J connectivity index is 2.06. The van der Waals surface area contributed by atoms with Gasteiger partial charge in [0.2, 0.25) is 11.8 Å². The topological polar surface area (TPSA) is 63.4 Å². The molecule has 4 heteroatoms. The molecule has 102 valence electrons. The fraction of sp³-hybridized carbons (Fsp3) is 0.467. The first-order valence-electron chi connectivity index (χ1n) is 6.80. The molecule has 2 rings (SSSR count). The summed E-state index contributed by atoms with van der Waals surface area (Å²) in [6.45, 7) is 2.61. The van der Waals surface area contributed by atoms with Gasteiger partial charge in [0, 0.05) is 31.0 Å². The van der Waals surface area contributed by atoms with Crippen LogP contribution in [0.5, 0.6) is 0 Å². The van der Waals surface area contributed by atoms with Gasteiger partial charge in [-0.05, 0) is 24.1 Å². The van der Waals surface area contributed by atoms with Crippen LogP contribution < -0.4 is 5.73 Å². The molecule has 1 saturated heterocycles. The number of piperidine rings is 1. The number of imide groups is 1. The molecule has 1 fully saturated rings. The van der Waals surface area contributed by atoms with Crippen LogP contribution in [0.25, 0.3) is 0 Å². The van der Waals surface area contributed by atoms with Gasteiger partial charge in [-0.3, -0.25) is 14.5 Å². The van der Waals surface area contributed by atoms with Gasteiger partial charge in [-0.15, -0.1) is 0 Å². The predicted octanol–water partition coefficient (Wildman–Crippen LogP) is 2.30. The lowest BCUT2D eigenvalue weighted by molar-refractivity contribution is -0.148. The number of nitrogens with two attached hydrogens (primary N) is 1. The molecule has 2 amide bonds. The summed E-state index contributed by atoms with van der Waals surface area (Å²) in [5, 5.41) is 0. The maximum atomic E-state index is 12.0. The number of carbonyl (C=O) groups excluding carboxylic acids is 2. The molecule has 1 heterocycles. The van der Waals surface area contributed by atoms with E-state index in [4.69, 9.17) is 5.73 Å². The molecule has 1 aromatic rings. The van der Waals surface area contributed by atoms with E-state index in [9.17, 15) is 9.59 Å². The number of hydrogen-bond donors (Lipinski definition) is 1. The Morgan fingerprint density at radius 1 is 1.16 bits per heavy atom. The Hall–Kier alpha value is -1.84. The van der Waals surface area contributed by atoms with E-state index in [1.807, 2.05) is 24.3 Å². The minimum absolute atomic E-state index is 0.00141. The molecular formula is C15H20N2O2. The molecule has 1 aliphatic rings. The van der Waals surface area contributed by atoms with Crippen molar-refractivity contribution in [1.29, 1.82) is 0 Å². The zero-order valence-electron chi connectivity index (χ0n) is 11.3. The molecule has 0 aliphatic carbocycles. The molecule has 0 atom stereocenters. The zero-order valence-corrected chi connectivity index (χ0v) is 11.3. The summed E-state index contributed by atoms with van der Waals surface area (Å²) >= 11 is 0. The van der Waals surface area contributed by atoms with Crippen molar-refractivity contribution in [2.75, 3.05) is 12.3 Å². The van der Waals surface area contributed by atoms with Crippen LogP contribution in [0.15, 0.2) is 24.3 Å². The second-order valence-corrected chi connectivity index (χ2v) is 5.06. The molecule has 0 saturated carbocycles. The number of rotatable bonds is 4. The summed E-state index contributed by atoms with van der Waals surface area (Å²) in [6.07, 6.45) is 2.70. The standard InChI is InChI=1S/C15H20N2O2/c1-2-3-8-17-14(18)9-12(10-15(17)19)11-4-6-13(16)7-5-11/h4-7,12H,2-3,8-10,16H2,1H3. The number of amides is 2. The minimum Gasteiger partial charge on any atom is -0.399 e. The van der Waals surface area contributed by atoms with Crippen LogP contribution in [0.2, 0.25) is 0 Å². The largest absolute Gasteiger partial charge is 0.399 e. The number of nitrogens with zero attached hydrogens (tertiary/aromatic N) is 1. The van der Waals surface area contributed by atoms with E-state index in [-0.39, 0.29) is 17.7 Å². The number of carbonyl (C=O) groups is 2. The SMILES string of the molecule is CCCCN1C(=O)CC(c2ccc(N)cc2)CC1=O. The molecule has 0 aromatic heterocycles. The van der Waals surface area contributed by atoms with Gasteiger partial charge >= 0.3 is 0 Å². The van der Waals surface area contributed by atoms with Crippen LogP contribution in [0.4, 0.5) is 5.69 Å². The smallest absolute Gasteiger partial charge is 0.229 e. The van der Waals surface area contributed by atoms with Gasteiger partial charge in [-0.1, -0.05) is 25.5 Å². The first-order chi connectivity index (χ1) is 9.11. The highest BCUT2D eigenvalue weighted by molar-refractivity contribution is 5.98. The molecular weight excluding hydrogens is 240 g/mol. The van der Waals surface area contributed by atoms with Gasteiger partial charge in [0.25, 0.3) is 0 Å². The minimum atomic E-state index is -0.0495. The molecule has 19 heavy (non-hydrogen) atoms. The summed E-state index contributed by atoms with van der Waals surface area (Å²) in [7, 11) is 0. The van der Waals surface area contributed by atoms with Crippen molar-refractivity contribution in [3.63, 3.8) is 0 Å². The van der Waals surface area contributed by atoms with Crippen molar-refractivity contribution in [2.24, 2.45) is 0 Å². The fourth-order valence-electron chi connectivity index (χ4n) is 2.42. The van der Waals surface area contributed by atoms with Gasteiger partial charge in [-0.25, -0.2) is 0 Å². The first kappa shape index (κ1) is 13.6. The normalized spacial score (nSPS) is 17.0. The van der Waals surface area contributed by atoms with Crippen LogP contribution in [0.3, 0.4) is 0 Å². The van der Waals surface area contributed by atoms with Gasteiger partial charge in [-0.2, -0.15) is 0 Å². The summed E-state index contributed by atoms with van der Waals surface area (Å²) in [6, 6.07) is 7.44. The Morgan fingerprint density at radius 2 is 1.74 bits per heavy atom. The van der Waals surface area contributed by atoms with Crippen LogP contribution in [-0.4, -0.2) is 23.3 Å². The number of hydrogen-bond acceptors (Lipinski definition) is 3. The van der Waals surface area contributed by atoms with Crippen LogP contribution in [-0.2, 0) is 9.59 Å². The molecule has 0 unspecified atom stereocenters. The van der Waals surface area contributed by atoms with Gasteiger partial charge in [0.1, 0.15) is 0 Å². The van der Waals surface area contributed by atoms with E-state index in [1.165, 1.54) is 4.90 Å². The summed E-state index contributed by atoms with van der Waals surface area (Å²) in [5.74, 6) is -0.100. The highest BCUT2D eigenvalue weighted by Crippen LogP contribution is 2.30. The number of nitrogen functional groups attached to an aromatic ring is 1. The molecule has 1 aliphatic heterocycles. The summed E-state index contributed by atoms with van der Waals surface area (Å²) in [4.78, 5) is 25.5. The van der Waals surface area contributed by atoms with Crippen molar-refractivity contribution in [2.45, 2.75) is 38.5 Å². The zero-order chi connectivity index (χ0) is 13.8. The van der Waals surface area contributed by atoms with Crippen LogP contribution >= 0.6 is 0 Å². The molecule has 0 bridgehead atoms. The summed E-state index contributed by atoms with van der Waals surface area (Å²) in [5.41, 5.74) is 7.36. The average Bonchev–Trinajstić information content (AvgIpc) is 2.38. The Bertz CT molecular complexity index is 450. The number of anilines is 1. The Morgan fingerprint density at radius 3 is 2.26 bits per heavy atom. The number of benzene rings is 1. The number of likely N-dealkylation sites (tertiary alicyclic amines) is 1. The highest BCUT2D eigenvalue weighted by atomic mass is 16.2. The lowest BCUT2D eigenvalue weighted by Crippen LogP contribution is -2.43. The molecule has 0 radical (unpaired) electrons. The highest BCUT2D eigenvalue weighted by Gasteiger charge is 2.32. The van der Waals surface area contributed by atoms with Crippen LogP contribution in [0.1, 0.15) is 44.1 Å². The third kappa shape index (κ3) is 3.13. The second-order valence-electron chi connectivity index (χ2n) is 5.06. The van der Waals surface area contributed by atoms with Crippen molar-refractivity contribution in [3.05, 3.63) is 29.8 Å². The monoisotopic (exact) mass is 260 g/mol. The lowest BCUT2D eigenvalue weighted by atomic mass is 9.88. The maximum Gasteiger partial charge on any atom is 0.229 e. The van der Waals surface area contributed by atoms with E-state index in [2.05, 4.69) is 6.92 Å². The molecule has 4 nitrogen and oxygen atoms in total. The summed E-state index contributed by atoms with van der Waals surface area (Å²) < 4.78 is 0. The van der Waals surface area contributed by atoms with Crippen molar-refractivity contribution >= 4 is 17.5 Å². The van der Waals surface area contributed by atoms with E-state index >= 15 is 0 Å². The molecule has 1 aromatic carbocycles. The third-order valence-corrected chi connectivity index (χ3v) is 3.59. The van der Waals surface area contributed by atoms with Gasteiger partial charge < -0.3 is 5.73 Å². The quantitative estimate of drug-likeness (QED) is 0.667. The number of unbranched alkanes of at least 4 members (excludes halogenated alkanes) is 1. The first-order valence-corrected chi connectivity index (χ1v) is 6.80. The Kier molecular flexibility index (Phi) is 4.20. The maximum absolute atomic E-state index is 12.0. The fourth-order valence-corrected chi connectivity index (χ4v) is 2.42. The van der Waals surface area contributed by atoms with Crippen molar-refractivity contribution in [1.82, 2.24) is 4.90 Å². The van der Waals surface area contributed by atoms with Gasteiger partial charge in [0.15, 0.2) is 0 Å². The van der Waals surface area contributed by atoms with E-state index in [0.717, 1.165) is 18.4 Å². The van der Waals surface area contributed by atoms with E-state index in [0.29, 0.717) is 25.1 Å². The second kappa shape index (κ2) is 5.87. The molecule has 0 spiro atoms. The van der Waals surface area contributed by atoms with E-state index in [1.54, 1.807) is 0 Å². The van der Waals surface area contributed by atoms with Crippen molar-refractivity contribution in [3.8, 4) is 0 Å². The van der Waals surface area contributed by atoms with Crippen LogP contribution in [0, 0.1) is 0 Å². The van der Waals surface area contributed by atoms with Gasteiger partial charge in [0.05, 0.1) is 0 Å². The van der Waals surface area contributed by atoms with Crippen molar-refractivity contribution < 1.29 is 9.59 Å². The lowest BCUT2D eigenvalue weighted by Gasteiger charge is -2.30. The average molecular weight is 260 g/mol. The third-order valence-electron chi connectivity index (χ3n) is 3.59.